The number of nitrogens with zero attached hydrogens (tertiary/aromatic N) is 1. The van der Waals surface area contributed by atoms with Crippen molar-refractivity contribution in [2.45, 2.75) is 25.3 Å². The number of benzene rings is 3. The molecule has 34 heavy (non-hydrogen) atoms. The Morgan fingerprint density at radius 2 is 1.76 bits per heavy atom. The standard InChI is InChI=1S/C27H25FN2O4/c1-15-8-9-17(12-21(15)28)29-26(31)24-19-13-22(33-2)23(34-3)14-20(19)27(32)30-11-10-16-6-4-5-7-18(16)25(24)30/h4-9,12-14,24-25H,10-11H2,1-3H3,(H,29,31)/t24-,25+/m1/s1. The maximum Gasteiger partial charge on any atom is 0.254 e. The van der Waals surface area contributed by atoms with Crippen molar-refractivity contribution in [2.24, 2.45) is 0 Å². The van der Waals surface area contributed by atoms with Gasteiger partial charge in [0.2, 0.25) is 5.91 Å². The SMILES string of the molecule is COc1cc2c(cc1OC)[C@@H](C(=O)Nc1ccc(C)c(F)c1)[C@@H]1c3ccccc3CCN1C2=O. The van der Waals surface area contributed by atoms with E-state index in [-0.39, 0.29) is 11.8 Å². The van der Waals surface area contributed by atoms with Crippen molar-refractivity contribution in [2.75, 3.05) is 26.1 Å². The summed E-state index contributed by atoms with van der Waals surface area (Å²) in [5, 5.41) is 2.88. The molecular formula is C27H25FN2O4. The number of nitrogens with one attached hydrogen (secondary N) is 1. The largest absolute Gasteiger partial charge is 0.493 e. The topological polar surface area (TPSA) is 67.9 Å². The van der Waals surface area contributed by atoms with Gasteiger partial charge < -0.3 is 19.7 Å². The van der Waals surface area contributed by atoms with E-state index in [0.717, 1.165) is 11.1 Å². The second kappa shape index (κ2) is 8.48. The molecule has 0 aliphatic carbocycles. The number of fused-ring (bicyclic) bond motifs is 4. The molecule has 3 aromatic carbocycles. The first-order valence-corrected chi connectivity index (χ1v) is 11.1. The highest BCUT2D eigenvalue weighted by Crippen LogP contribution is 2.48. The molecule has 0 radical (unpaired) electrons. The molecule has 0 spiro atoms. The van der Waals surface area contributed by atoms with Gasteiger partial charge >= 0.3 is 0 Å². The molecule has 3 aromatic rings. The third-order valence-corrected chi connectivity index (χ3v) is 6.75. The maximum absolute atomic E-state index is 14.2. The molecule has 0 fully saturated rings. The Kier molecular flexibility index (Phi) is 5.48. The summed E-state index contributed by atoms with van der Waals surface area (Å²) in [6, 6.07) is 15.3. The third-order valence-electron chi connectivity index (χ3n) is 6.75. The van der Waals surface area contributed by atoms with E-state index >= 15 is 0 Å². The number of aryl methyl sites for hydroxylation is 1. The molecule has 0 saturated heterocycles. The lowest BCUT2D eigenvalue weighted by atomic mass is 9.75. The summed E-state index contributed by atoms with van der Waals surface area (Å²) in [4.78, 5) is 29.2. The lowest BCUT2D eigenvalue weighted by molar-refractivity contribution is -0.119. The lowest BCUT2D eigenvalue weighted by Crippen LogP contribution is -2.49. The van der Waals surface area contributed by atoms with Crippen LogP contribution in [0.15, 0.2) is 54.6 Å². The van der Waals surface area contributed by atoms with Crippen LogP contribution < -0.4 is 14.8 Å². The Labute approximate surface area is 197 Å². The average molecular weight is 461 g/mol. The zero-order chi connectivity index (χ0) is 24.0. The van der Waals surface area contributed by atoms with E-state index in [4.69, 9.17) is 9.47 Å². The van der Waals surface area contributed by atoms with Crippen LogP contribution in [0.2, 0.25) is 0 Å². The summed E-state index contributed by atoms with van der Waals surface area (Å²) in [7, 11) is 3.02. The van der Waals surface area contributed by atoms with E-state index in [0.29, 0.717) is 46.8 Å². The van der Waals surface area contributed by atoms with E-state index in [1.54, 1.807) is 36.1 Å². The predicted molar refractivity (Wildman–Crippen MR) is 126 cm³/mol. The zero-order valence-corrected chi connectivity index (χ0v) is 19.2. The number of rotatable bonds is 4. The van der Waals surface area contributed by atoms with Gasteiger partial charge in [-0.15, -0.1) is 0 Å². The molecule has 2 aliphatic rings. The van der Waals surface area contributed by atoms with E-state index in [1.165, 1.54) is 20.3 Å². The van der Waals surface area contributed by atoms with Gasteiger partial charge in [0.05, 0.1) is 26.2 Å². The van der Waals surface area contributed by atoms with Gasteiger partial charge in [-0.3, -0.25) is 9.59 Å². The van der Waals surface area contributed by atoms with Crippen molar-refractivity contribution < 1.29 is 23.5 Å². The highest BCUT2D eigenvalue weighted by molar-refractivity contribution is 6.05. The summed E-state index contributed by atoms with van der Waals surface area (Å²) in [6.45, 7) is 2.16. The van der Waals surface area contributed by atoms with Crippen LogP contribution in [0, 0.1) is 12.7 Å². The minimum absolute atomic E-state index is 0.152. The Balaban J connectivity index is 1.67. The molecular weight excluding hydrogens is 435 g/mol. The number of halogens is 1. The van der Waals surface area contributed by atoms with Gasteiger partial charge in [-0.25, -0.2) is 4.39 Å². The van der Waals surface area contributed by atoms with Gasteiger partial charge in [0.25, 0.3) is 5.91 Å². The Morgan fingerprint density at radius 3 is 2.50 bits per heavy atom. The number of hydrogen-bond donors (Lipinski definition) is 1. The number of amides is 2. The van der Waals surface area contributed by atoms with Crippen LogP contribution in [0.25, 0.3) is 0 Å². The second-order valence-corrected chi connectivity index (χ2v) is 8.62. The summed E-state index contributed by atoms with van der Waals surface area (Å²) < 4.78 is 25.1. The van der Waals surface area contributed by atoms with Gasteiger partial charge in [-0.2, -0.15) is 0 Å². The highest BCUT2D eigenvalue weighted by atomic mass is 19.1. The number of carbonyl (C=O) groups excluding carboxylic acids is 2. The monoisotopic (exact) mass is 460 g/mol. The Bertz CT molecular complexity index is 1310. The molecule has 6 nitrogen and oxygen atoms in total. The van der Waals surface area contributed by atoms with Crippen molar-refractivity contribution in [3.8, 4) is 11.5 Å². The predicted octanol–water partition coefficient (Wildman–Crippen LogP) is 4.63. The molecule has 0 bridgehead atoms. The number of carbonyl (C=O) groups is 2. The number of ether oxygens (including phenoxy) is 2. The lowest BCUT2D eigenvalue weighted by Gasteiger charge is -2.45. The maximum atomic E-state index is 14.2. The first-order chi connectivity index (χ1) is 16.4. The fourth-order valence-electron chi connectivity index (χ4n) is 5.02. The normalized spacial score (nSPS) is 18.5. The summed E-state index contributed by atoms with van der Waals surface area (Å²) in [5.74, 6) is -0.737. The minimum atomic E-state index is -0.724. The van der Waals surface area contributed by atoms with Crippen LogP contribution >= 0.6 is 0 Å². The molecule has 2 amide bonds. The molecule has 0 unspecified atom stereocenters. The first-order valence-electron chi connectivity index (χ1n) is 11.1. The van der Waals surface area contributed by atoms with Gasteiger partial charge in [0.15, 0.2) is 11.5 Å². The van der Waals surface area contributed by atoms with Crippen LogP contribution in [0.3, 0.4) is 0 Å². The Hall–Kier alpha value is -3.87. The first kappa shape index (κ1) is 21.9. The average Bonchev–Trinajstić information content (AvgIpc) is 2.85. The molecule has 7 heteroatoms. The molecule has 2 atom stereocenters. The molecule has 0 saturated carbocycles. The molecule has 174 valence electrons. The van der Waals surface area contributed by atoms with Crippen molar-refractivity contribution in [3.63, 3.8) is 0 Å². The van der Waals surface area contributed by atoms with E-state index < -0.39 is 17.8 Å². The quantitative estimate of drug-likeness (QED) is 0.617. The highest BCUT2D eigenvalue weighted by Gasteiger charge is 2.47. The number of methoxy groups -OCH3 is 2. The third kappa shape index (κ3) is 3.48. The van der Waals surface area contributed by atoms with Crippen molar-refractivity contribution in [1.82, 2.24) is 4.90 Å². The zero-order valence-electron chi connectivity index (χ0n) is 19.2. The molecule has 2 aliphatic heterocycles. The molecule has 2 heterocycles. The fraction of sp³-hybridized carbons (Fsp3) is 0.259. The van der Waals surface area contributed by atoms with Crippen molar-refractivity contribution in [1.29, 1.82) is 0 Å². The molecule has 0 aromatic heterocycles. The van der Waals surface area contributed by atoms with E-state index in [2.05, 4.69) is 5.32 Å². The summed E-state index contributed by atoms with van der Waals surface area (Å²) >= 11 is 0. The van der Waals surface area contributed by atoms with Gasteiger partial charge in [-0.05, 0) is 59.9 Å². The molecule has 1 N–H and O–H groups in total. The van der Waals surface area contributed by atoms with E-state index in [9.17, 15) is 14.0 Å². The van der Waals surface area contributed by atoms with Crippen molar-refractivity contribution in [3.05, 3.63) is 88.2 Å². The molecule has 5 rings (SSSR count). The second-order valence-electron chi connectivity index (χ2n) is 8.62. The van der Waals surface area contributed by atoms with E-state index in [1.807, 2.05) is 24.3 Å². The van der Waals surface area contributed by atoms with Crippen molar-refractivity contribution >= 4 is 17.5 Å². The fourth-order valence-corrected chi connectivity index (χ4v) is 5.02. The summed E-state index contributed by atoms with van der Waals surface area (Å²) in [5.41, 5.74) is 3.88. The van der Waals surface area contributed by atoms with Gasteiger partial charge in [-0.1, -0.05) is 30.3 Å². The van der Waals surface area contributed by atoms with Gasteiger partial charge in [0.1, 0.15) is 5.82 Å². The van der Waals surface area contributed by atoms with Crippen LogP contribution in [0.1, 0.15) is 44.6 Å². The van der Waals surface area contributed by atoms with Crippen LogP contribution in [-0.2, 0) is 11.2 Å². The van der Waals surface area contributed by atoms with Crippen LogP contribution in [-0.4, -0.2) is 37.5 Å². The van der Waals surface area contributed by atoms with Gasteiger partial charge in [0, 0.05) is 17.8 Å². The van der Waals surface area contributed by atoms with Crippen LogP contribution in [0.4, 0.5) is 10.1 Å². The van der Waals surface area contributed by atoms with Crippen LogP contribution in [0.5, 0.6) is 11.5 Å². The number of hydrogen-bond acceptors (Lipinski definition) is 4. The number of anilines is 1. The smallest absolute Gasteiger partial charge is 0.254 e. The minimum Gasteiger partial charge on any atom is -0.493 e. The Morgan fingerprint density at radius 1 is 1.03 bits per heavy atom. The summed E-state index contributed by atoms with van der Waals surface area (Å²) in [6.07, 6.45) is 0.707.